The molecule has 1 rings (SSSR count). The van der Waals surface area contributed by atoms with E-state index in [0.29, 0.717) is 5.75 Å². The summed E-state index contributed by atoms with van der Waals surface area (Å²) in [7, 11) is 0. The van der Waals surface area contributed by atoms with E-state index in [1.807, 2.05) is 6.26 Å². The molecule has 0 spiro atoms. The first-order valence-corrected chi connectivity index (χ1v) is 7.19. The zero-order valence-corrected chi connectivity index (χ0v) is 12.2. The smallest absolute Gasteiger partial charge is 0.254 e. The molecule has 1 amide bonds. The van der Waals surface area contributed by atoms with Crippen molar-refractivity contribution in [2.45, 2.75) is 12.5 Å². The Kier molecular flexibility index (Phi) is 5.65. The maximum Gasteiger partial charge on any atom is 0.254 e. The number of rotatable bonds is 5. The normalized spacial score (nSPS) is 14.1. The van der Waals surface area contributed by atoms with E-state index in [2.05, 4.69) is 15.5 Å². The van der Waals surface area contributed by atoms with E-state index in [4.69, 9.17) is 23.2 Å². The van der Waals surface area contributed by atoms with Gasteiger partial charge in [-0.05, 0) is 19.2 Å². The Morgan fingerprint density at radius 3 is 2.83 bits per heavy atom. The Morgan fingerprint density at radius 2 is 2.22 bits per heavy atom. The quantitative estimate of drug-likeness (QED) is 0.864. The first kappa shape index (κ1) is 15.5. The topological polar surface area (TPSA) is 75.1 Å². The number of carbonyl (C=O) groups is 1. The molecule has 2 N–H and O–H groups in total. The number of halogens is 2. The van der Waals surface area contributed by atoms with Crippen LogP contribution < -0.4 is 5.32 Å². The van der Waals surface area contributed by atoms with Gasteiger partial charge in [0.25, 0.3) is 5.91 Å². The Hall–Kier alpha value is -0.560. The van der Waals surface area contributed by atoms with Crippen LogP contribution >= 0.6 is 35.0 Å². The summed E-state index contributed by atoms with van der Waals surface area (Å²) in [5, 5.41) is 19.6. The summed E-state index contributed by atoms with van der Waals surface area (Å²) in [6.45, 7) is 1.76. The summed E-state index contributed by atoms with van der Waals surface area (Å²) in [6.07, 6.45) is 1.87. The van der Waals surface area contributed by atoms with Crippen LogP contribution in [0.1, 0.15) is 17.3 Å². The highest BCUT2D eigenvalue weighted by Crippen LogP contribution is 2.15. The number of aromatic nitrogens is 2. The minimum absolute atomic E-state index is 0.0265. The van der Waals surface area contributed by atoms with E-state index >= 15 is 0 Å². The molecule has 1 aromatic rings. The maximum absolute atomic E-state index is 11.8. The number of hydrogen-bond acceptors (Lipinski definition) is 5. The van der Waals surface area contributed by atoms with Gasteiger partial charge in [0.2, 0.25) is 0 Å². The van der Waals surface area contributed by atoms with E-state index < -0.39 is 11.5 Å². The van der Waals surface area contributed by atoms with Crippen LogP contribution in [0, 0.1) is 0 Å². The van der Waals surface area contributed by atoms with Gasteiger partial charge in [-0.2, -0.15) is 11.8 Å². The molecule has 1 unspecified atom stereocenters. The molecule has 0 aliphatic rings. The number of nitrogens with one attached hydrogen (secondary N) is 1. The first-order valence-electron chi connectivity index (χ1n) is 5.04. The van der Waals surface area contributed by atoms with Gasteiger partial charge in [-0.25, -0.2) is 0 Å². The molecule has 100 valence electrons. The van der Waals surface area contributed by atoms with Crippen molar-refractivity contribution < 1.29 is 9.90 Å². The van der Waals surface area contributed by atoms with Gasteiger partial charge in [0.05, 0.1) is 11.2 Å². The summed E-state index contributed by atoms with van der Waals surface area (Å²) >= 11 is 12.9. The molecule has 0 saturated carbocycles. The SMILES string of the molecule is CSCC(C)(O)CNC(=O)c1cc(Cl)nnc1Cl. The summed E-state index contributed by atoms with van der Waals surface area (Å²) in [5.74, 6) is 0.0641. The highest BCUT2D eigenvalue weighted by molar-refractivity contribution is 7.98. The Balaban J connectivity index is 2.69. The Labute approximate surface area is 119 Å². The van der Waals surface area contributed by atoms with Crippen LogP contribution in [0.2, 0.25) is 10.3 Å². The number of hydrogen-bond donors (Lipinski definition) is 2. The lowest BCUT2D eigenvalue weighted by atomic mass is 10.1. The van der Waals surface area contributed by atoms with Crippen molar-refractivity contribution in [2.24, 2.45) is 0 Å². The molecular weight excluding hydrogens is 297 g/mol. The lowest BCUT2D eigenvalue weighted by Crippen LogP contribution is -2.42. The first-order chi connectivity index (χ1) is 8.35. The third-order valence-electron chi connectivity index (χ3n) is 2.05. The number of carbonyl (C=O) groups excluding carboxylic acids is 1. The van der Waals surface area contributed by atoms with Gasteiger partial charge in [0, 0.05) is 12.3 Å². The Morgan fingerprint density at radius 1 is 1.56 bits per heavy atom. The average Bonchev–Trinajstić information content (AvgIpc) is 2.29. The molecule has 1 aromatic heterocycles. The van der Waals surface area contributed by atoms with Crippen molar-refractivity contribution in [1.82, 2.24) is 15.5 Å². The molecule has 0 aromatic carbocycles. The summed E-state index contributed by atoms with van der Waals surface area (Å²) in [4.78, 5) is 11.8. The third-order valence-corrected chi connectivity index (χ3v) is 3.42. The van der Waals surface area contributed by atoms with Gasteiger partial charge in [-0.3, -0.25) is 4.79 Å². The molecule has 0 aliphatic carbocycles. The minimum atomic E-state index is -0.980. The van der Waals surface area contributed by atoms with Gasteiger partial charge < -0.3 is 10.4 Å². The van der Waals surface area contributed by atoms with Crippen LogP contribution in [-0.2, 0) is 0 Å². The fourth-order valence-electron chi connectivity index (χ4n) is 1.24. The van der Waals surface area contributed by atoms with E-state index in [9.17, 15) is 9.90 Å². The number of aliphatic hydroxyl groups is 1. The lowest BCUT2D eigenvalue weighted by Gasteiger charge is -2.22. The molecule has 0 fully saturated rings. The monoisotopic (exact) mass is 309 g/mol. The fraction of sp³-hybridized carbons (Fsp3) is 0.500. The van der Waals surface area contributed by atoms with Crippen molar-refractivity contribution in [3.8, 4) is 0 Å². The summed E-state index contributed by atoms with van der Waals surface area (Å²) in [6, 6.07) is 1.33. The highest BCUT2D eigenvalue weighted by Gasteiger charge is 2.22. The standard InChI is InChI=1S/C10H13Cl2N3O2S/c1-10(17,5-18-2)4-13-9(16)6-3-7(11)14-15-8(6)12/h3,17H,4-5H2,1-2H3,(H,13,16). The zero-order valence-electron chi connectivity index (χ0n) is 9.91. The van der Waals surface area contributed by atoms with Crippen molar-refractivity contribution in [3.05, 3.63) is 21.9 Å². The predicted molar refractivity (Wildman–Crippen MR) is 73.4 cm³/mol. The van der Waals surface area contributed by atoms with Crippen LogP contribution in [0.15, 0.2) is 6.07 Å². The van der Waals surface area contributed by atoms with Gasteiger partial charge in [-0.1, -0.05) is 23.2 Å². The second kappa shape index (κ2) is 6.56. The average molecular weight is 310 g/mol. The number of nitrogens with zero attached hydrogens (tertiary/aromatic N) is 2. The van der Waals surface area contributed by atoms with Crippen LogP contribution in [0.3, 0.4) is 0 Å². The number of thioether (sulfide) groups is 1. The summed E-state index contributed by atoms with van der Waals surface area (Å²) in [5.41, 5.74) is -0.845. The Bertz CT molecular complexity index is 443. The largest absolute Gasteiger partial charge is 0.387 e. The van der Waals surface area contributed by atoms with E-state index in [1.165, 1.54) is 17.8 Å². The van der Waals surface area contributed by atoms with Crippen molar-refractivity contribution >= 4 is 40.9 Å². The third kappa shape index (κ3) is 4.61. The highest BCUT2D eigenvalue weighted by atomic mass is 35.5. The second-order valence-corrected chi connectivity index (χ2v) is 5.60. The zero-order chi connectivity index (χ0) is 13.8. The van der Waals surface area contributed by atoms with Crippen molar-refractivity contribution in [3.63, 3.8) is 0 Å². The molecule has 5 nitrogen and oxygen atoms in total. The van der Waals surface area contributed by atoms with Crippen molar-refractivity contribution in [2.75, 3.05) is 18.6 Å². The molecule has 0 aliphatic heterocycles. The molecular formula is C10H13Cl2N3O2S. The lowest BCUT2D eigenvalue weighted by molar-refractivity contribution is 0.0725. The molecule has 0 bridgehead atoms. The maximum atomic E-state index is 11.8. The van der Waals surface area contributed by atoms with Crippen molar-refractivity contribution in [1.29, 1.82) is 0 Å². The van der Waals surface area contributed by atoms with E-state index in [0.717, 1.165) is 0 Å². The van der Waals surface area contributed by atoms with E-state index in [1.54, 1.807) is 6.92 Å². The van der Waals surface area contributed by atoms with Gasteiger partial charge in [0.1, 0.15) is 0 Å². The van der Waals surface area contributed by atoms with E-state index in [-0.39, 0.29) is 22.4 Å². The molecule has 1 atom stereocenters. The molecule has 1 heterocycles. The van der Waals surface area contributed by atoms with Gasteiger partial charge in [-0.15, -0.1) is 10.2 Å². The van der Waals surface area contributed by atoms with Crippen LogP contribution in [-0.4, -0.2) is 45.4 Å². The second-order valence-electron chi connectivity index (χ2n) is 3.98. The van der Waals surface area contributed by atoms with Crippen LogP contribution in [0.5, 0.6) is 0 Å². The molecule has 0 saturated heterocycles. The minimum Gasteiger partial charge on any atom is -0.387 e. The molecule has 8 heteroatoms. The predicted octanol–water partition coefficient (Wildman–Crippen LogP) is 1.63. The summed E-state index contributed by atoms with van der Waals surface area (Å²) < 4.78 is 0. The molecule has 18 heavy (non-hydrogen) atoms. The van der Waals surface area contributed by atoms with Gasteiger partial charge in [0.15, 0.2) is 10.3 Å². The number of amides is 1. The van der Waals surface area contributed by atoms with Crippen LogP contribution in [0.4, 0.5) is 0 Å². The molecule has 0 radical (unpaired) electrons. The van der Waals surface area contributed by atoms with Crippen LogP contribution in [0.25, 0.3) is 0 Å². The van der Waals surface area contributed by atoms with Gasteiger partial charge >= 0.3 is 0 Å². The fourth-order valence-corrected chi connectivity index (χ4v) is 2.29.